The van der Waals surface area contributed by atoms with Gasteiger partial charge in [-0.25, -0.2) is 0 Å². The molecule has 3 unspecified atom stereocenters. The molecule has 2 rings (SSSR count). The van der Waals surface area contributed by atoms with Gasteiger partial charge in [-0.1, -0.05) is 37.1 Å². The van der Waals surface area contributed by atoms with E-state index in [-0.39, 0.29) is 17.3 Å². The van der Waals surface area contributed by atoms with Crippen LogP contribution < -0.4 is 0 Å². The molecule has 1 aromatic rings. The van der Waals surface area contributed by atoms with Crippen LogP contribution in [0.15, 0.2) is 47.9 Å². The number of allylic oxidation sites excluding steroid dienone is 1. The zero-order valence-electron chi connectivity index (χ0n) is 12.7. The number of ether oxygens (including phenoxy) is 1. The fourth-order valence-corrected chi connectivity index (χ4v) is 4.15. The molecule has 114 valence electrons. The Morgan fingerprint density at radius 1 is 1.38 bits per heavy atom. The second-order valence-electron chi connectivity index (χ2n) is 5.51. The van der Waals surface area contributed by atoms with Gasteiger partial charge in [-0.3, -0.25) is 4.79 Å². The molecule has 2 nitrogen and oxygen atoms in total. The highest BCUT2D eigenvalue weighted by Crippen LogP contribution is 2.34. The van der Waals surface area contributed by atoms with Crippen LogP contribution in [0.25, 0.3) is 0 Å². The molecule has 21 heavy (non-hydrogen) atoms. The smallest absolute Gasteiger partial charge is 0.152 e. The van der Waals surface area contributed by atoms with E-state index in [0.29, 0.717) is 12.2 Å². The van der Waals surface area contributed by atoms with Gasteiger partial charge in [0.05, 0.1) is 11.4 Å². The average molecular weight is 304 g/mol. The monoisotopic (exact) mass is 304 g/mol. The molecule has 1 saturated carbocycles. The third-order valence-corrected chi connectivity index (χ3v) is 5.34. The van der Waals surface area contributed by atoms with Crippen LogP contribution in [-0.4, -0.2) is 24.2 Å². The van der Waals surface area contributed by atoms with Gasteiger partial charge in [-0.05, 0) is 31.4 Å². The molecule has 0 saturated heterocycles. The molecule has 1 aliphatic rings. The summed E-state index contributed by atoms with van der Waals surface area (Å²) in [5.74, 6) is 0.375. The van der Waals surface area contributed by atoms with E-state index in [9.17, 15) is 4.79 Å². The topological polar surface area (TPSA) is 26.3 Å². The third kappa shape index (κ3) is 4.45. The van der Waals surface area contributed by atoms with E-state index in [1.165, 1.54) is 6.42 Å². The van der Waals surface area contributed by atoms with Crippen LogP contribution >= 0.6 is 11.8 Å². The number of methoxy groups -OCH3 is 1. The Morgan fingerprint density at radius 2 is 2.10 bits per heavy atom. The fourth-order valence-electron chi connectivity index (χ4n) is 2.98. The van der Waals surface area contributed by atoms with Crippen LogP contribution in [0.3, 0.4) is 0 Å². The van der Waals surface area contributed by atoms with E-state index in [1.54, 1.807) is 18.9 Å². The zero-order chi connectivity index (χ0) is 15.1. The average Bonchev–Trinajstić information content (AvgIpc) is 2.54. The molecule has 3 atom stereocenters. The minimum absolute atomic E-state index is 0.0462. The minimum Gasteiger partial charge on any atom is -0.381 e. The molecule has 0 spiro atoms. The lowest BCUT2D eigenvalue weighted by atomic mass is 9.82. The summed E-state index contributed by atoms with van der Waals surface area (Å²) in [7, 11) is 1.73. The lowest BCUT2D eigenvalue weighted by molar-refractivity contribution is -0.128. The lowest BCUT2D eigenvalue weighted by Gasteiger charge is -2.31. The Morgan fingerprint density at radius 3 is 2.76 bits per heavy atom. The minimum atomic E-state index is -0.0503. The molecule has 1 aliphatic carbocycles. The number of hydrogen-bond acceptors (Lipinski definition) is 3. The van der Waals surface area contributed by atoms with Crippen LogP contribution in [-0.2, 0) is 9.53 Å². The molecule has 3 heteroatoms. The van der Waals surface area contributed by atoms with Crippen LogP contribution in [0.1, 0.15) is 32.1 Å². The Bertz CT molecular complexity index is 458. The maximum absolute atomic E-state index is 12.9. The summed E-state index contributed by atoms with van der Waals surface area (Å²) in [6.07, 6.45) is 6.92. The van der Waals surface area contributed by atoms with Crippen molar-refractivity contribution < 1.29 is 9.53 Å². The van der Waals surface area contributed by atoms with Crippen molar-refractivity contribution in [2.75, 3.05) is 7.11 Å². The number of benzene rings is 1. The van der Waals surface area contributed by atoms with Gasteiger partial charge in [-0.15, -0.1) is 18.3 Å². The van der Waals surface area contributed by atoms with E-state index >= 15 is 0 Å². The number of ketones is 1. The first-order valence-electron chi connectivity index (χ1n) is 7.65. The SMILES string of the molecule is C=CCC(Sc1ccccc1)C(=O)C1CCCCC1OC. The van der Waals surface area contributed by atoms with Gasteiger partial charge in [0, 0.05) is 17.9 Å². The van der Waals surface area contributed by atoms with E-state index in [0.717, 1.165) is 24.2 Å². The predicted molar refractivity (Wildman–Crippen MR) is 88.7 cm³/mol. The Kier molecular flexibility index (Phi) is 6.52. The Balaban J connectivity index is 2.09. The van der Waals surface area contributed by atoms with E-state index < -0.39 is 0 Å². The maximum Gasteiger partial charge on any atom is 0.152 e. The van der Waals surface area contributed by atoms with Crippen molar-refractivity contribution in [1.29, 1.82) is 0 Å². The highest BCUT2D eigenvalue weighted by atomic mass is 32.2. The Hall–Kier alpha value is -1.06. The molecule has 0 radical (unpaired) electrons. The van der Waals surface area contributed by atoms with Gasteiger partial charge in [0.25, 0.3) is 0 Å². The van der Waals surface area contributed by atoms with Gasteiger partial charge in [0.1, 0.15) is 0 Å². The van der Waals surface area contributed by atoms with Gasteiger partial charge >= 0.3 is 0 Å². The van der Waals surface area contributed by atoms with Crippen LogP contribution in [0, 0.1) is 5.92 Å². The number of Topliss-reactive ketones (excluding diaryl/α,β-unsaturated/α-hetero) is 1. The number of carbonyl (C=O) groups excluding carboxylic acids is 1. The van der Waals surface area contributed by atoms with Crippen molar-refractivity contribution in [3.05, 3.63) is 43.0 Å². The molecule has 1 aromatic carbocycles. The van der Waals surface area contributed by atoms with E-state index in [4.69, 9.17) is 4.74 Å². The van der Waals surface area contributed by atoms with Crippen molar-refractivity contribution in [3.8, 4) is 0 Å². The summed E-state index contributed by atoms with van der Waals surface area (Å²) in [5.41, 5.74) is 0. The number of thioether (sulfide) groups is 1. The summed E-state index contributed by atoms with van der Waals surface area (Å²) in [6.45, 7) is 3.81. The molecule has 0 aliphatic heterocycles. The van der Waals surface area contributed by atoms with Crippen LogP contribution in [0.2, 0.25) is 0 Å². The highest BCUT2D eigenvalue weighted by Gasteiger charge is 2.34. The quantitative estimate of drug-likeness (QED) is 0.548. The molecule has 1 fully saturated rings. The van der Waals surface area contributed by atoms with Crippen molar-refractivity contribution in [2.24, 2.45) is 5.92 Å². The first-order chi connectivity index (χ1) is 10.3. The van der Waals surface area contributed by atoms with Crippen molar-refractivity contribution in [1.82, 2.24) is 0 Å². The zero-order valence-corrected chi connectivity index (χ0v) is 13.5. The van der Waals surface area contributed by atoms with Gasteiger partial charge in [-0.2, -0.15) is 0 Å². The molecule has 0 amide bonds. The summed E-state index contributed by atoms with van der Waals surface area (Å²) < 4.78 is 5.55. The third-order valence-electron chi connectivity index (χ3n) is 4.09. The Labute approximate surface area is 132 Å². The fraction of sp³-hybridized carbons (Fsp3) is 0.500. The second-order valence-corrected chi connectivity index (χ2v) is 6.79. The standard InChI is InChI=1S/C18H24O2S/c1-3-9-17(21-14-10-5-4-6-11-14)18(19)15-12-7-8-13-16(15)20-2/h3-6,10-11,15-17H,1,7-9,12-13H2,2H3. The first kappa shape index (κ1) is 16.3. The molecular formula is C18H24O2S. The number of carbonyl (C=O) groups is 1. The first-order valence-corrected chi connectivity index (χ1v) is 8.53. The molecule has 0 heterocycles. The largest absolute Gasteiger partial charge is 0.381 e. The van der Waals surface area contributed by atoms with Gasteiger partial charge in [0.2, 0.25) is 0 Å². The van der Waals surface area contributed by atoms with E-state index in [1.807, 2.05) is 24.3 Å². The number of rotatable bonds is 7. The van der Waals surface area contributed by atoms with Gasteiger partial charge < -0.3 is 4.74 Å². The summed E-state index contributed by atoms with van der Waals surface area (Å²) >= 11 is 1.65. The van der Waals surface area contributed by atoms with Crippen molar-refractivity contribution in [2.45, 2.75) is 48.4 Å². The molecule has 0 bridgehead atoms. The summed E-state index contributed by atoms with van der Waals surface area (Å²) in [5, 5.41) is -0.0503. The van der Waals surface area contributed by atoms with Crippen molar-refractivity contribution in [3.63, 3.8) is 0 Å². The summed E-state index contributed by atoms with van der Waals surface area (Å²) in [4.78, 5) is 14.1. The normalized spacial score (nSPS) is 23.5. The molecule has 0 N–H and O–H groups in total. The van der Waals surface area contributed by atoms with Crippen molar-refractivity contribution >= 4 is 17.5 Å². The van der Waals surface area contributed by atoms with Crippen LogP contribution in [0.5, 0.6) is 0 Å². The summed E-state index contributed by atoms with van der Waals surface area (Å²) in [6, 6.07) is 10.1. The number of hydrogen-bond donors (Lipinski definition) is 0. The second kappa shape index (κ2) is 8.40. The van der Waals surface area contributed by atoms with Crippen LogP contribution in [0.4, 0.5) is 0 Å². The molecule has 0 aromatic heterocycles. The maximum atomic E-state index is 12.9. The van der Waals surface area contributed by atoms with E-state index in [2.05, 4.69) is 18.7 Å². The molecular weight excluding hydrogens is 280 g/mol. The highest BCUT2D eigenvalue weighted by molar-refractivity contribution is 8.00. The van der Waals surface area contributed by atoms with Gasteiger partial charge in [0.15, 0.2) is 5.78 Å². The lowest BCUT2D eigenvalue weighted by Crippen LogP contribution is -2.37. The predicted octanol–water partition coefficient (Wildman–Crippen LogP) is 4.50.